The van der Waals surface area contributed by atoms with Crippen LogP contribution in [-0.2, 0) is 0 Å². The Morgan fingerprint density at radius 1 is 1.00 bits per heavy atom. The van der Waals surface area contributed by atoms with Crippen LogP contribution in [-0.4, -0.2) is 22.8 Å². The van der Waals surface area contributed by atoms with E-state index in [1.54, 1.807) is 13.0 Å². The van der Waals surface area contributed by atoms with Crippen molar-refractivity contribution in [2.24, 2.45) is 0 Å². The van der Waals surface area contributed by atoms with Gasteiger partial charge < -0.3 is 5.11 Å². The average molecular weight is 258 g/mol. The molecule has 0 aliphatic carbocycles. The highest BCUT2D eigenvalue weighted by atomic mass is 19.4. The summed E-state index contributed by atoms with van der Waals surface area (Å²) in [4.78, 5) is 0. The van der Waals surface area contributed by atoms with E-state index in [1.165, 1.54) is 6.08 Å². The molecule has 0 saturated carbocycles. The Labute approximate surface area is 96.6 Å². The lowest BCUT2D eigenvalue weighted by Crippen LogP contribution is -2.55. The number of aliphatic hydroxyl groups is 1. The van der Waals surface area contributed by atoms with Gasteiger partial charge in [-0.25, -0.2) is 0 Å². The molecule has 0 aromatic heterocycles. The van der Waals surface area contributed by atoms with Gasteiger partial charge in [-0.15, -0.1) is 0 Å². The van der Waals surface area contributed by atoms with Crippen molar-refractivity contribution in [3.05, 3.63) is 24.3 Å². The molecule has 0 heterocycles. The third-order valence-electron chi connectivity index (χ3n) is 2.29. The highest BCUT2D eigenvalue weighted by Gasteiger charge is 2.68. The summed E-state index contributed by atoms with van der Waals surface area (Å²) in [6.07, 6.45) is -1.55. The van der Waals surface area contributed by atoms with Crippen LogP contribution in [0.5, 0.6) is 0 Å². The zero-order valence-corrected chi connectivity index (χ0v) is 9.56. The molecular weight excluding hydrogens is 243 g/mol. The summed E-state index contributed by atoms with van der Waals surface area (Å²) in [6.45, 7) is 2.84. The fourth-order valence-electron chi connectivity index (χ4n) is 1.12. The molecule has 0 radical (unpaired) electrons. The molecular formula is C11H15F5O. The fourth-order valence-corrected chi connectivity index (χ4v) is 1.12. The quantitative estimate of drug-likeness (QED) is 0.586. The van der Waals surface area contributed by atoms with Crippen LogP contribution in [0.15, 0.2) is 24.3 Å². The smallest absolute Gasteiger partial charge is 0.379 e. The fraction of sp³-hybridized carbons (Fsp3) is 0.636. The molecule has 0 aliphatic heterocycles. The van der Waals surface area contributed by atoms with Crippen LogP contribution in [0.3, 0.4) is 0 Å². The molecule has 0 aromatic carbocycles. The molecule has 100 valence electrons. The lowest BCUT2D eigenvalue weighted by atomic mass is 9.91. The molecule has 1 nitrogen and oxygen atoms in total. The Bertz CT molecular complexity index is 293. The minimum absolute atomic E-state index is 0.479. The van der Waals surface area contributed by atoms with Crippen LogP contribution < -0.4 is 0 Å². The normalized spacial score (nSPS) is 17.9. The molecule has 0 aliphatic rings. The van der Waals surface area contributed by atoms with Crippen LogP contribution in [0.25, 0.3) is 0 Å². The maximum absolute atomic E-state index is 13.0. The molecule has 0 fully saturated rings. The van der Waals surface area contributed by atoms with E-state index >= 15 is 0 Å². The van der Waals surface area contributed by atoms with Gasteiger partial charge in [0, 0.05) is 0 Å². The van der Waals surface area contributed by atoms with Crippen molar-refractivity contribution in [1.29, 1.82) is 0 Å². The molecule has 0 saturated heterocycles. The SMILES string of the molecule is CCC=CC=CC(O)(CC)C(F)(F)C(F)(F)F. The maximum atomic E-state index is 13.0. The molecule has 0 spiro atoms. The molecule has 17 heavy (non-hydrogen) atoms. The first-order valence-electron chi connectivity index (χ1n) is 5.13. The van der Waals surface area contributed by atoms with Crippen LogP contribution in [0.1, 0.15) is 26.7 Å². The van der Waals surface area contributed by atoms with Crippen LogP contribution in [0, 0.1) is 0 Å². The lowest BCUT2D eigenvalue weighted by molar-refractivity contribution is -0.331. The van der Waals surface area contributed by atoms with Crippen molar-refractivity contribution >= 4 is 0 Å². The second-order valence-corrected chi connectivity index (χ2v) is 3.55. The Morgan fingerprint density at radius 3 is 1.88 bits per heavy atom. The van der Waals surface area contributed by atoms with Gasteiger partial charge in [-0.1, -0.05) is 32.1 Å². The first-order chi connectivity index (χ1) is 7.62. The maximum Gasteiger partial charge on any atom is 0.456 e. The largest absolute Gasteiger partial charge is 0.456 e. The number of hydrogen-bond donors (Lipinski definition) is 1. The minimum Gasteiger partial charge on any atom is -0.379 e. The van der Waals surface area contributed by atoms with E-state index in [2.05, 4.69) is 0 Å². The topological polar surface area (TPSA) is 20.2 Å². The van der Waals surface area contributed by atoms with Crippen LogP contribution in [0.2, 0.25) is 0 Å². The summed E-state index contributed by atoms with van der Waals surface area (Å²) < 4.78 is 62.5. The van der Waals surface area contributed by atoms with Crippen molar-refractivity contribution < 1.29 is 27.1 Å². The highest BCUT2D eigenvalue weighted by molar-refractivity contribution is 5.15. The van der Waals surface area contributed by atoms with Gasteiger partial charge >= 0.3 is 12.1 Å². The summed E-state index contributed by atoms with van der Waals surface area (Å²) >= 11 is 0. The van der Waals surface area contributed by atoms with Crippen molar-refractivity contribution in [2.75, 3.05) is 0 Å². The van der Waals surface area contributed by atoms with Crippen molar-refractivity contribution in [3.63, 3.8) is 0 Å². The number of rotatable bonds is 5. The molecule has 0 amide bonds. The summed E-state index contributed by atoms with van der Waals surface area (Å²) in [5.41, 5.74) is -3.22. The van der Waals surface area contributed by atoms with E-state index in [0.717, 1.165) is 13.0 Å². The Morgan fingerprint density at radius 2 is 1.53 bits per heavy atom. The second kappa shape index (κ2) is 5.62. The van der Waals surface area contributed by atoms with Gasteiger partial charge in [0.1, 0.15) is 0 Å². The summed E-state index contributed by atoms with van der Waals surface area (Å²) in [5.74, 6) is -5.18. The van der Waals surface area contributed by atoms with Gasteiger partial charge in [-0.2, -0.15) is 22.0 Å². The Balaban J connectivity index is 5.15. The molecule has 1 unspecified atom stereocenters. The van der Waals surface area contributed by atoms with E-state index in [1.807, 2.05) is 0 Å². The summed E-state index contributed by atoms with van der Waals surface area (Å²) in [6, 6.07) is 0. The lowest BCUT2D eigenvalue weighted by Gasteiger charge is -2.33. The molecule has 0 aromatic rings. The minimum atomic E-state index is -5.78. The van der Waals surface area contributed by atoms with Crippen molar-refractivity contribution in [1.82, 2.24) is 0 Å². The van der Waals surface area contributed by atoms with E-state index in [0.29, 0.717) is 12.5 Å². The number of alkyl halides is 5. The summed E-state index contributed by atoms with van der Waals surface area (Å²) in [7, 11) is 0. The predicted molar refractivity (Wildman–Crippen MR) is 54.8 cm³/mol. The van der Waals surface area contributed by atoms with Crippen molar-refractivity contribution in [3.8, 4) is 0 Å². The van der Waals surface area contributed by atoms with Crippen molar-refractivity contribution in [2.45, 2.75) is 44.4 Å². The standard InChI is InChI=1S/C11H15F5O/c1-3-5-6-7-8-9(17,4-2)10(12,13)11(14,15)16/h5-8,17H,3-4H2,1-2H3. The Hall–Kier alpha value is -0.910. The van der Waals surface area contributed by atoms with Gasteiger partial charge in [0.05, 0.1) is 0 Å². The average Bonchev–Trinajstić information content (AvgIpc) is 2.22. The van der Waals surface area contributed by atoms with Gasteiger partial charge in [0.25, 0.3) is 0 Å². The predicted octanol–water partition coefficient (Wildman–Crippen LogP) is 3.85. The number of hydrogen-bond acceptors (Lipinski definition) is 1. The molecule has 0 rings (SSSR count). The van der Waals surface area contributed by atoms with Gasteiger partial charge in [0.15, 0.2) is 5.60 Å². The first-order valence-corrected chi connectivity index (χ1v) is 5.13. The van der Waals surface area contributed by atoms with E-state index < -0.39 is 24.1 Å². The van der Waals surface area contributed by atoms with E-state index in [-0.39, 0.29) is 0 Å². The number of halogens is 5. The molecule has 1 N–H and O–H groups in total. The highest BCUT2D eigenvalue weighted by Crippen LogP contribution is 2.45. The Kier molecular flexibility index (Phi) is 5.32. The summed E-state index contributed by atoms with van der Waals surface area (Å²) in [5, 5.41) is 9.39. The molecule has 1 atom stereocenters. The molecule has 6 heteroatoms. The van der Waals surface area contributed by atoms with Crippen LogP contribution >= 0.6 is 0 Å². The number of allylic oxidation sites excluding steroid dienone is 3. The zero-order valence-electron chi connectivity index (χ0n) is 9.56. The second-order valence-electron chi connectivity index (χ2n) is 3.55. The van der Waals surface area contributed by atoms with Gasteiger partial charge in [-0.05, 0) is 18.9 Å². The first kappa shape index (κ1) is 16.1. The van der Waals surface area contributed by atoms with E-state index in [4.69, 9.17) is 0 Å². The molecule has 0 bridgehead atoms. The van der Waals surface area contributed by atoms with Crippen LogP contribution in [0.4, 0.5) is 22.0 Å². The monoisotopic (exact) mass is 258 g/mol. The third kappa shape index (κ3) is 3.52. The van der Waals surface area contributed by atoms with Gasteiger partial charge in [0.2, 0.25) is 0 Å². The van der Waals surface area contributed by atoms with Gasteiger partial charge in [-0.3, -0.25) is 0 Å². The zero-order chi connectivity index (χ0) is 13.7. The van der Waals surface area contributed by atoms with E-state index in [9.17, 15) is 27.1 Å². The third-order valence-corrected chi connectivity index (χ3v) is 2.29.